The van der Waals surface area contributed by atoms with Crippen LogP contribution in [0.15, 0.2) is 24.3 Å². The van der Waals surface area contributed by atoms with Crippen molar-refractivity contribution in [1.82, 2.24) is 19.8 Å². The maximum atomic E-state index is 13.5. The molecule has 1 fully saturated rings. The molecule has 1 saturated carbocycles. The van der Waals surface area contributed by atoms with Crippen LogP contribution in [-0.4, -0.2) is 44.4 Å². The Morgan fingerprint density at radius 3 is 2.64 bits per heavy atom. The lowest BCUT2D eigenvalue weighted by molar-refractivity contribution is -0.133. The molecule has 1 atom stereocenters. The Morgan fingerprint density at radius 1 is 1.21 bits per heavy atom. The summed E-state index contributed by atoms with van der Waals surface area (Å²) in [7, 11) is 0. The molecule has 2 aliphatic rings. The van der Waals surface area contributed by atoms with Gasteiger partial charge in [0.25, 0.3) is 5.91 Å². The van der Waals surface area contributed by atoms with Gasteiger partial charge in [-0.1, -0.05) is 44.7 Å². The molecule has 1 aliphatic carbocycles. The topological polar surface area (TPSA) is 67.2 Å². The SMILES string of the molecule is CCCN1C(=O)c2nc3ccccc3n2C[C@@]1(C)C(=O)NC1CCCCCC1. The Hall–Kier alpha value is -2.37. The summed E-state index contributed by atoms with van der Waals surface area (Å²) in [5.41, 5.74) is 0.807. The van der Waals surface area contributed by atoms with Crippen LogP contribution in [0.3, 0.4) is 0 Å². The Morgan fingerprint density at radius 2 is 1.93 bits per heavy atom. The molecular formula is C22H30N4O2. The molecule has 28 heavy (non-hydrogen) atoms. The van der Waals surface area contributed by atoms with E-state index in [9.17, 15) is 9.59 Å². The fraction of sp³-hybridized carbons (Fsp3) is 0.591. The van der Waals surface area contributed by atoms with E-state index in [1.54, 1.807) is 4.90 Å². The standard InChI is InChI=1S/C22H30N4O2/c1-3-14-26-20(27)19-24-17-12-8-9-13-18(17)25(19)15-22(26,2)21(28)23-16-10-6-4-5-7-11-16/h8-9,12-13,16H,3-7,10-11,14-15H2,1-2H3,(H,23,28)/t22-/m0/s1. The number of aromatic nitrogens is 2. The molecule has 150 valence electrons. The molecule has 1 aromatic heterocycles. The molecule has 0 bridgehead atoms. The molecule has 6 nitrogen and oxygen atoms in total. The second-order valence-corrected chi connectivity index (χ2v) is 8.40. The summed E-state index contributed by atoms with van der Waals surface area (Å²) in [6, 6.07) is 7.97. The molecule has 2 amide bonds. The molecule has 0 saturated heterocycles. The van der Waals surface area contributed by atoms with Crippen molar-refractivity contribution >= 4 is 22.8 Å². The molecule has 0 unspecified atom stereocenters. The summed E-state index contributed by atoms with van der Waals surface area (Å²) in [5.74, 6) is 0.252. The highest BCUT2D eigenvalue weighted by Crippen LogP contribution is 2.31. The summed E-state index contributed by atoms with van der Waals surface area (Å²) in [6.07, 6.45) is 7.68. The molecule has 0 spiro atoms. The average Bonchev–Trinajstić information content (AvgIpc) is 2.86. The average molecular weight is 383 g/mol. The highest BCUT2D eigenvalue weighted by molar-refractivity contribution is 6.01. The molecule has 6 heteroatoms. The Labute approximate surface area is 166 Å². The van der Waals surface area contributed by atoms with E-state index in [-0.39, 0.29) is 17.9 Å². The first kappa shape index (κ1) is 19.0. The molecule has 1 N–H and O–H groups in total. The quantitative estimate of drug-likeness (QED) is 0.823. The van der Waals surface area contributed by atoms with Gasteiger partial charge in [-0.2, -0.15) is 0 Å². The molecule has 1 aliphatic heterocycles. The molecule has 0 radical (unpaired) electrons. The number of nitrogens with one attached hydrogen (secondary N) is 1. The largest absolute Gasteiger partial charge is 0.351 e. The van der Waals surface area contributed by atoms with Gasteiger partial charge in [-0.3, -0.25) is 9.59 Å². The van der Waals surface area contributed by atoms with E-state index < -0.39 is 5.54 Å². The molecule has 2 aromatic rings. The number of imidazole rings is 1. The zero-order valence-corrected chi connectivity index (χ0v) is 16.9. The summed E-state index contributed by atoms with van der Waals surface area (Å²) in [4.78, 5) is 33.1. The minimum Gasteiger partial charge on any atom is -0.351 e. The van der Waals surface area contributed by atoms with E-state index in [1.807, 2.05) is 42.7 Å². The van der Waals surface area contributed by atoms with Crippen LogP contribution in [-0.2, 0) is 11.3 Å². The van der Waals surface area contributed by atoms with Crippen molar-refractivity contribution in [2.24, 2.45) is 0 Å². The van der Waals surface area contributed by atoms with E-state index >= 15 is 0 Å². The number of fused-ring (bicyclic) bond motifs is 3. The van der Waals surface area contributed by atoms with Gasteiger partial charge in [-0.25, -0.2) is 4.98 Å². The summed E-state index contributed by atoms with van der Waals surface area (Å²) in [5, 5.41) is 3.28. The van der Waals surface area contributed by atoms with Crippen molar-refractivity contribution in [2.75, 3.05) is 6.54 Å². The van der Waals surface area contributed by atoms with Gasteiger partial charge >= 0.3 is 0 Å². The van der Waals surface area contributed by atoms with Crippen molar-refractivity contribution in [3.05, 3.63) is 30.1 Å². The Bertz CT molecular complexity index is 882. The lowest BCUT2D eigenvalue weighted by atomic mass is 9.94. The maximum Gasteiger partial charge on any atom is 0.290 e. The smallest absolute Gasteiger partial charge is 0.290 e. The van der Waals surface area contributed by atoms with Crippen molar-refractivity contribution in [1.29, 1.82) is 0 Å². The third kappa shape index (κ3) is 3.19. The maximum absolute atomic E-state index is 13.5. The normalized spacial score (nSPS) is 23.5. The van der Waals surface area contributed by atoms with Gasteiger partial charge in [0.05, 0.1) is 17.6 Å². The fourth-order valence-corrected chi connectivity index (χ4v) is 4.67. The number of amides is 2. The van der Waals surface area contributed by atoms with Gasteiger partial charge < -0.3 is 14.8 Å². The number of hydrogen-bond acceptors (Lipinski definition) is 3. The predicted octanol–water partition coefficient (Wildman–Crippen LogP) is 3.50. The number of benzene rings is 1. The third-order valence-corrected chi connectivity index (χ3v) is 6.28. The van der Waals surface area contributed by atoms with E-state index in [2.05, 4.69) is 10.3 Å². The fourth-order valence-electron chi connectivity index (χ4n) is 4.67. The van der Waals surface area contributed by atoms with E-state index in [0.29, 0.717) is 18.9 Å². The molecule has 1 aromatic carbocycles. The number of carbonyl (C=O) groups is 2. The van der Waals surface area contributed by atoms with E-state index in [0.717, 1.165) is 43.1 Å². The van der Waals surface area contributed by atoms with Gasteiger partial charge in [0, 0.05) is 12.6 Å². The molecular weight excluding hydrogens is 352 g/mol. The first-order valence-corrected chi connectivity index (χ1v) is 10.6. The van der Waals surface area contributed by atoms with E-state index in [4.69, 9.17) is 0 Å². The third-order valence-electron chi connectivity index (χ3n) is 6.28. The second kappa shape index (κ2) is 7.57. The zero-order chi connectivity index (χ0) is 19.7. The second-order valence-electron chi connectivity index (χ2n) is 8.40. The van der Waals surface area contributed by atoms with Crippen LogP contribution in [0.1, 0.15) is 69.4 Å². The van der Waals surface area contributed by atoms with Crippen molar-refractivity contribution in [2.45, 2.75) is 76.9 Å². The lowest BCUT2D eigenvalue weighted by Crippen LogP contribution is -2.65. The summed E-state index contributed by atoms with van der Waals surface area (Å²) < 4.78 is 1.93. The zero-order valence-electron chi connectivity index (χ0n) is 16.9. The number of carbonyl (C=O) groups excluding carboxylic acids is 2. The summed E-state index contributed by atoms with van der Waals surface area (Å²) >= 11 is 0. The van der Waals surface area contributed by atoms with Crippen LogP contribution in [0.25, 0.3) is 11.0 Å². The minimum absolute atomic E-state index is 0.0374. The van der Waals surface area contributed by atoms with Crippen molar-refractivity contribution in [3.63, 3.8) is 0 Å². The number of rotatable bonds is 4. The van der Waals surface area contributed by atoms with E-state index in [1.165, 1.54) is 12.8 Å². The van der Waals surface area contributed by atoms with Gasteiger partial charge in [0.15, 0.2) is 5.82 Å². The van der Waals surface area contributed by atoms with Crippen molar-refractivity contribution < 1.29 is 9.59 Å². The number of para-hydroxylation sites is 2. The van der Waals surface area contributed by atoms with Crippen LogP contribution >= 0.6 is 0 Å². The highest BCUT2D eigenvalue weighted by atomic mass is 16.2. The highest BCUT2D eigenvalue weighted by Gasteiger charge is 2.48. The van der Waals surface area contributed by atoms with Crippen LogP contribution in [0.5, 0.6) is 0 Å². The molecule has 2 heterocycles. The van der Waals surface area contributed by atoms with Gasteiger partial charge in [0.1, 0.15) is 5.54 Å². The van der Waals surface area contributed by atoms with Crippen LogP contribution in [0, 0.1) is 0 Å². The number of hydrogen-bond donors (Lipinski definition) is 1. The Balaban J connectivity index is 1.69. The van der Waals surface area contributed by atoms with Crippen LogP contribution in [0.4, 0.5) is 0 Å². The van der Waals surface area contributed by atoms with Crippen molar-refractivity contribution in [3.8, 4) is 0 Å². The Kier molecular flexibility index (Phi) is 5.13. The predicted molar refractivity (Wildman–Crippen MR) is 109 cm³/mol. The summed E-state index contributed by atoms with van der Waals surface area (Å²) in [6.45, 7) is 4.93. The van der Waals surface area contributed by atoms with Gasteiger partial charge in [0.2, 0.25) is 5.91 Å². The lowest BCUT2D eigenvalue weighted by Gasteiger charge is -2.44. The van der Waals surface area contributed by atoms with Gasteiger partial charge in [-0.05, 0) is 38.3 Å². The van der Waals surface area contributed by atoms with Crippen LogP contribution in [0.2, 0.25) is 0 Å². The molecule has 4 rings (SSSR count). The monoisotopic (exact) mass is 382 g/mol. The van der Waals surface area contributed by atoms with Crippen LogP contribution < -0.4 is 5.32 Å². The first-order chi connectivity index (χ1) is 13.5. The van der Waals surface area contributed by atoms with Gasteiger partial charge in [-0.15, -0.1) is 0 Å². The first-order valence-electron chi connectivity index (χ1n) is 10.6. The number of nitrogens with zero attached hydrogens (tertiary/aromatic N) is 3. The minimum atomic E-state index is -0.907.